The molecule has 0 atom stereocenters. The molecule has 0 bridgehead atoms. The van der Waals surface area contributed by atoms with Crippen molar-refractivity contribution in [1.82, 2.24) is 10.2 Å². The Bertz CT molecular complexity index is 733. The standard InChI is InChI=1S/C17H20F3N3O5/c18-17(19,20)10-28-16(27)22-11-3-4-13(24)12(9-11)15(26)21-6-5-14(25)23-7-1-2-8-23/h3-4,9,24H,1-2,5-8,10H2,(H,21,26)(H,22,27). The van der Waals surface area contributed by atoms with Crippen molar-refractivity contribution in [3.8, 4) is 5.75 Å². The summed E-state index contributed by atoms with van der Waals surface area (Å²) in [6.45, 7) is -0.300. The van der Waals surface area contributed by atoms with Crippen molar-refractivity contribution in [3.63, 3.8) is 0 Å². The second-order valence-corrected chi connectivity index (χ2v) is 6.14. The summed E-state index contributed by atoms with van der Waals surface area (Å²) in [6.07, 6.45) is -4.00. The van der Waals surface area contributed by atoms with Crippen LogP contribution < -0.4 is 10.6 Å². The van der Waals surface area contributed by atoms with Crippen LogP contribution in [0.2, 0.25) is 0 Å². The van der Waals surface area contributed by atoms with Gasteiger partial charge in [0.25, 0.3) is 5.91 Å². The Balaban J connectivity index is 1.87. The summed E-state index contributed by atoms with van der Waals surface area (Å²) in [5, 5.41) is 14.3. The van der Waals surface area contributed by atoms with Crippen molar-refractivity contribution in [3.05, 3.63) is 23.8 Å². The fourth-order valence-electron chi connectivity index (χ4n) is 2.60. The fourth-order valence-corrected chi connectivity index (χ4v) is 2.60. The van der Waals surface area contributed by atoms with E-state index in [9.17, 15) is 32.7 Å². The highest BCUT2D eigenvalue weighted by Crippen LogP contribution is 2.22. The maximum atomic E-state index is 12.2. The predicted molar refractivity (Wildman–Crippen MR) is 91.9 cm³/mol. The first kappa shape index (κ1) is 21.3. The van der Waals surface area contributed by atoms with Gasteiger partial charge in [-0.3, -0.25) is 14.9 Å². The molecule has 0 aliphatic carbocycles. The molecule has 3 amide bonds. The number of anilines is 1. The van der Waals surface area contributed by atoms with Crippen LogP contribution in [0.4, 0.5) is 23.7 Å². The van der Waals surface area contributed by atoms with Crippen LogP contribution >= 0.6 is 0 Å². The number of amides is 3. The molecule has 1 aromatic carbocycles. The largest absolute Gasteiger partial charge is 0.507 e. The van der Waals surface area contributed by atoms with Crippen LogP contribution in [0.15, 0.2) is 18.2 Å². The van der Waals surface area contributed by atoms with Crippen LogP contribution in [-0.4, -0.2) is 60.3 Å². The molecule has 1 saturated heterocycles. The van der Waals surface area contributed by atoms with Gasteiger partial charge in [0.15, 0.2) is 6.61 Å². The Hall–Kier alpha value is -2.98. The van der Waals surface area contributed by atoms with Crippen LogP contribution in [0.25, 0.3) is 0 Å². The van der Waals surface area contributed by atoms with Gasteiger partial charge in [-0.05, 0) is 31.0 Å². The Kier molecular flexibility index (Phi) is 7.07. The van der Waals surface area contributed by atoms with Gasteiger partial charge in [0.05, 0.1) is 5.56 Å². The lowest BCUT2D eigenvalue weighted by Gasteiger charge is -2.15. The van der Waals surface area contributed by atoms with Gasteiger partial charge in [0.2, 0.25) is 5.91 Å². The summed E-state index contributed by atoms with van der Waals surface area (Å²) in [6, 6.07) is 3.38. The number of likely N-dealkylation sites (tertiary alicyclic amines) is 1. The van der Waals surface area contributed by atoms with Crippen molar-refractivity contribution in [2.24, 2.45) is 0 Å². The number of nitrogens with zero attached hydrogens (tertiary/aromatic N) is 1. The van der Waals surface area contributed by atoms with E-state index in [4.69, 9.17) is 0 Å². The third-order valence-corrected chi connectivity index (χ3v) is 3.94. The first-order valence-corrected chi connectivity index (χ1v) is 8.55. The van der Waals surface area contributed by atoms with E-state index in [2.05, 4.69) is 10.1 Å². The third-order valence-electron chi connectivity index (χ3n) is 3.94. The SMILES string of the molecule is O=C(Nc1ccc(O)c(C(=O)NCCC(=O)N2CCCC2)c1)OCC(F)(F)F. The molecular weight excluding hydrogens is 383 g/mol. The summed E-state index contributed by atoms with van der Waals surface area (Å²) in [5.74, 6) is -1.17. The smallest absolute Gasteiger partial charge is 0.422 e. The summed E-state index contributed by atoms with van der Waals surface area (Å²) >= 11 is 0. The van der Waals surface area contributed by atoms with Crippen molar-refractivity contribution < 1.29 is 37.4 Å². The highest BCUT2D eigenvalue weighted by Gasteiger charge is 2.29. The maximum Gasteiger partial charge on any atom is 0.422 e. The number of hydrogen-bond donors (Lipinski definition) is 3. The van der Waals surface area contributed by atoms with E-state index in [1.54, 1.807) is 4.90 Å². The van der Waals surface area contributed by atoms with E-state index in [1.807, 2.05) is 5.32 Å². The number of phenols is 1. The lowest BCUT2D eigenvalue weighted by molar-refractivity contribution is -0.159. The van der Waals surface area contributed by atoms with E-state index in [0.717, 1.165) is 25.0 Å². The van der Waals surface area contributed by atoms with E-state index in [0.29, 0.717) is 13.1 Å². The predicted octanol–water partition coefficient (Wildman–Crippen LogP) is 2.25. The van der Waals surface area contributed by atoms with Crippen LogP contribution in [-0.2, 0) is 9.53 Å². The minimum atomic E-state index is -4.66. The first-order chi connectivity index (χ1) is 13.2. The summed E-state index contributed by atoms with van der Waals surface area (Å²) in [5.41, 5.74) is -0.245. The molecule has 1 aliphatic rings. The van der Waals surface area contributed by atoms with Gasteiger partial charge in [0.1, 0.15) is 5.75 Å². The lowest BCUT2D eigenvalue weighted by atomic mass is 10.1. The molecule has 3 N–H and O–H groups in total. The van der Waals surface area contributed by atoms with Crippen LogP contribution in [0, 0.1) is 0 Å². The van der Waals surface area contributed by atoms with Gasteiger partial charge in [-0.2, -0.15) is 13.2 Å². The zero-order chi connectivity index (χ0) is 20.7. The summed E-state index contributed by atoms with van der Waals surface area (Å²) in [4.78, 5) is 37.2. The number of halogens is 3. The highest BCUT2D eigenvalue weighted by atomic mass is 19.4. The summed E-state index contributed by atoms with van der Waals surface area (Å²) in [7, 11) is 0. The second kappa shape index (κ2) is 9.29. The lowest BCUT2D eigenvalue weighted by Crippen LogP contribution is -2.32. The number of carbonyl (C=O) groups is 3. The topological polar surface area (TPSA) is 108 Å². The molecule has 28 heavy (non-hydrogen) atoms. The van der Waals surface area contributed by atoms with E-state index < -0.39 is 30.5 Å². The second-order valence-electron chi connectivity index (χ2n) is 6.14. The van der Waals surface area contributed by atoms with Crippen molar-refractivity contribution in [2.45, 2.75) is 25.4 Å². The number of ether oxygens (including phenoxy) is 1. The number of rotatable bonds is 6. The molecule has 1 aliphatic heterocycles. The van der Waals surface area contributed by atoms with Gasteiger partial charge in [-0.25, -0.2) is 4.79 Å². The van der Waals surface area contributed by atoms with Gasteiger partial charge < -0.3 is 20.1 Å². The number of alkyl halides is 3. The zero-order valence-electron chi connectivity index (χ0n) is 14.8. The molecule has 1 fully saturated rings. The van der Waals surface area contributed by atoms with Gasteiger partial charge in [-0.15, -0.1) is 0 Å². The maximum absolute atomic E-state index is 12.2. The van der Waals surface area contributed by atoms with E-state index in [-0.39, 0.29) is 30.1 Å². The Morgan fingerprint density at radius 2 is 1.86 bits per heavy atom. The number of hydrogen-bond acceptors (Lipinski definition) is 5. The monoisotopic (exact) mass is 403 g/mol. The Morgan fingerprint density at radius 1 is 1.18 bits per heavy atom. The summed E-state index contributed by atoms with van der Waals surface area (Å²) < 4.78 is 40.1. The van der Waals surface area contributed by atoms with Crippen LogP contribution in [0.5, 0.6) is 5.75 Å². The minimum Gasteiger partial charge on any atom is -0.507 e. The molecule has 154 valence electrons. The van der Waals surface area contributed by atoms with Crippen molar-refractivity contribution >= 4 is 23.6 Å². The molecule has 0 radical (unpaired) electrons. The fraction of sp³-hybridized carbons (Fsp3) is 0.471. The quantitative estimate of drug-likeness (QED) is 0.632. The van der Waals surface area contributed by atoms with Crippen molar-refractivity contribution in [1.29, 1.82) is 0 Å². The van der Waals surface area contributed by atoms with Crippen LogP contribution in [0.1, 0.15) is 29.6 Å². The molecule has 0 unspecified atom stereocenters. The van der Waals surface area contributed by atoms with Crippen LogP contribution in [0.3, 0.4) is 0 Å². The molecule has 2 rings (SSSR count). The molecule has 1 heterocycles. The molecule has 0 spiro atoms. The first-order valence-electron chi connectivity index (χ1n) is 8.55. The molecular formula is C17H20F3N3O5. The highest BCUT2D eigenvalue weighted by molar-refractivity contribution is 5.99. The normalized spacial score (nSPS) is 13.9. The number of benzene rings is 1. The van der Waals surface area contributed by atoms with E-state index in [1.165, 1.54) is 6.07 Å². The van der Waals surface area contributed by atoms with Crippen molar-refractivity contribution in [2.75, 3.05) is 31.6 Å². The average molecular weight is 403 g/mol. The number of phenolic OH excluding ortho intramolecular Hbond substituents is 1. The number of carbonyl (C=O) groups excluding carboxylic acids is 3. The van der Waals surface area contributed by atoms with E-state index >= 15 is 0 Å². The molecule has 0 aromatic heterocycles. The Labute approximate surface area is 158 Å². The van der Waals surface area contributed by atoms with Gasteiger partial charge >= 0.3 is 12.3 Å². The molecule has 1 aromatic rings. The average Bonchev–Trinajstić information content (AvgIpc) is 3.15. The van der Waals surface area contributed by atoms with Gasteiger partial charge in [0, 0.05) is 31.7 Å². The molecule has 0 saturated carbocycles. The minimum absolute atomic E-state index is 0.0386. The zero-order valence-corrected chi connectivity index (χ0v) is 14.8. The molecule has 11 heteroatoms. The number of aromatic hydroxyl groups is 1. The van der Waals surface area contributed by atoms with Gasteiger partial charge in [-0.1, -0.05) is 0 Å². The Morgan fingerprint density at radius 3 is 2.50 bits per heavy atom. The third kappa shape index (κ3) is 6.63. The number of nitrogens with one attached hydrogen (secondary N) is 2. The molecule has 8 nitrogen and oxygen atoms in total.